The van der Waals surface area contributed by atoms with Gasteiger partial charge in [-0.1, -0.05) is 17.7 Å². The van der Waals surface area contributed by atoms with Crippen LogP contribution in [0.15, 0.2) is 18.2 Å². The Bertz CT molecular complexity index is 449. The van der Waals surface area contributed by atoms with Crippen LogP contribution in [0.4, 0.5) is 4.39 Å². The zero-order valence-corrected chi connectivity index (χ0v) is 10.7. The van der Waals surface area contributed by atoms with Crippen molar-refractivity contribution in [1.29, 1.82) is 0 Å². The smallest absolute Gasteiger partial charge is 0.304 e. The fraction of sp³-hybridized carbons (Fsp3) is 0.462. The maximum Gasteiger partial charge on any atom is 0.304 e. The molecule has 1 saturated carbocycles. The molecule has 1 aliphatic carbocycles. The van der Waals surface area contributed by atoms with Crippen LogP contribution < -0.4 is 0 Å². The van der Waals surface area contributed by atoms with Crippen molar-refractivity contribution in [2.75, 3.05) is 6.54 Å². The second kappa shape index (κ2) is 5.67. The van der Waals surface area contributed by atoms with Crippen LogP contribution in [0.25, 0.3) is 0 Å². The van der Waals surface area contributed by atoms with Crippen LogP contribution in [0.1, 0.15) is 24.8 Å². The molecule has 0 unspecified atom stereocenters. The zero-order valence-electron chi connectivity index (χ0n) is 9.90. The van der Waals surface area contributed by atoms with Crippen LogP contribution >= 0.6 is 11.6 Å². The summed E-state index contributed by atoms with van der Waals surface area (Å²) in [5, 5.41) is 9.12. The Kier molecular flexibility index (Phi) is 4.19. The second-order valence-corrected chi connectivity index (χ2v) is 4.99. The number of hydrogen-bond acceptors (Lipinski definition) is 2. The van der Waals surface area contributed by atoms with Crippen molar-refractivity contribution in [2.24, 2.45) is 0 Å². The molecule has 0 spiro atoms. The van der Waals surface area contributed by atoms with Crippen molar-refractivity contribution in [1.82, 2.24) is 4.90 Å². The minimum Gasteiger partial charge on any atom is -0.481 e. The normalized spacial score (nSPS) is 15.1. The summed E-state index contributed by atoms with van der Waals surface area (Å²) in [4.78, 5) is 12.7. The molecule has 1 aromatic rings. The average Bonchev–Trinajstić information content (AvgIpc) is 3.10. The third-order valence-corrected chi connectivity index (χ3v) is 3.42. The minimum absolute atomic E-state index is 0.120. The summed E-state index contributed by atoms with van der Waals surface area (Å²) < 4.78 is 12.9. The molecular weight excluding hydrogens is 257 g/mol. The summed E-state index contributed by atoms with van der Waals surface area (Å²) in [5.41, 5.74) is 0.843. The summed E-state index contributed by atoms with van der Waals surface area (Å²) in [7, 11) is 0. The Hall–Kier alpha value is -1.13. The highest BCUT2D eigenvalue weighted by Crippen LogP contribution is 2.30. The molecule has 1 aliphatic rings. The fourth-order valence-corrected chi connectivity index (χ4v) is 2.17. The van der Waals surface area contributed by atoms with Crippen molar-refractivity contribution < 1.29 is 14.3 Å². The van der Waals surface area contributed by atoms with Gasteiger partial charge in [0, 0.05) is 24.2 Å². The van der Waals surface area contributed by atoms with Crippen molar-refractivity contribution in [3.63, 3.8) is 0 Å². The summed E-state index contributed by atoms with van der Waals surface area (Å²) in [6, 6.07) is 4.78. The van der Waals surface area contributed by atoms with Gasteiger partial charge in [0.15, 0.2) is 0 Å². The molecule has 3 nitrogen and oxygen atoms in total. The average molecular weight is 272 g/mol. The van der Waals surface area contributed by atoms with Gasteiger partial charge in [-0.25, -0.2) is 4.39 Å². The number of hydrogen-bond donors (Lipinski definition) is 1. The largest absolute Gasteiger partial charge is 0.481 e. The molecule has 5 heteroatoms. The Morgan fingerprint density at radius 3 is 2.78 bits per heavy atom. The van der Waals surface area contributed by atoms with Gasteiger partial charge in [-0.3, -0.25) is 9.69 Å². The summed E-state index contributed by atoms with van der Waals surface area (Å²) in [6.45, 7) is 1.09. The molecule has 1 aromatic carbocycles. The van der Waals surface area contributed by atoms with Crippen molar-refractivity contribution >= 4 is 17.6 Å². The number of carbonyl (C=O) groups is 1. The molecule has 0 atom stereocenters. The van der Waals surface area contributed by atoms with E-state index in [0.29, 0.717) is 24.2 Å². The van der Waals surface area contributed by atoms with Gasteiger partial charge in [0.1, 0.15) is 5.82 Å². The molecular formula is C13H15ClFNO2. The summed E-state index contributed by atoms with van der Waals surface area (Å²) >= 11 is 5.98. The van der Waals surface area contributed by atoms with E-state index in [2.05, 4.69) is 4.90 Å². The second-order valence-electron chi connectivity index (χ2n) is 4.58. The van der Waals surface area contributed by atoms with Crippen LogP contribution in [0.2, 0.25) is 5.02 Å². The van der Waals surface area contributed by atoms with Crippen LogP contribution in [0, 0.1) is 5.82 Å². The Balaban J connectivity index is 2.01. The highest BCUT2D eigenvalue weighted by molar-refractivity contribution is 6.31. The number of rotatable bonds is 6. The van der Waals surface area contributed by atoms with Crippen LogP contribution in [0.5, 0.6) is 0 Å². The molecule has 1 N–H and O–H groups in total. The predicted molar refractivity (Wildman–Crippen MR) is 67.1 cm³/mol. The van der Waals surface area contributed by atoms with Gasteiger partial charge in [-0.2, -0.15) is 0 Å². The third kappa shape index (κ3) is 3.68. The molecule has 2 rings (SSSR count). The summed E-state index contributed by atoms with van der Waals surface area (Å²) in [6.07, 6.45) is 2.31. The lowest BCUT2D eigenvalue weighted by Gasteiger charge is -2.21. The highest BCUT2D eigenvalue weighted by Gasteiger charge is 2.29. The molecule has 0 aliphatic heterocycles. The van der Waals surface area contributed by atoms with E-state index in [-0.39, 0.29) is 12.2 Å². The first-order valence-corrected chi connectivity index (χ1v) is 6.34. The molecule has 0 aromatic heterocycles. The van der Waals surface area contributed by atoms with E-state index in [1.165, 1.54) is 12.1 Å². The van der Waals surface area contributed by atoms with Gasteiger partial charge in [0.05, 0.1) is 6.42 Å². The van der Waals surface area contributed by atoms with Gasteiger partial charge in [-0.15, -0.1) is 0 Å². The number of benzene rings is 1. The third-order valence-electron chi connectivity index (χ3n) is 3.06. The van der Waals surface area contributed by atoms with Gasteiger partial charge in [0.25, 0.3) is 0 Å². The van der Waals surface area contributed by atoms with Crippen LogP contribution in [-0.4, -0.2) is 28.6 Å². The topological polar surface area (TPSA) is 40.5 Å². The van der Waals surface area contributed by atoms with Crippen LogP contribution in [0.3, 0.4) is 0 Å². The van der Waals surface area contributed by atoms with Gasteiger partial charge in [-0.05, 0) is 30.5 Å². The lowest BCUT2D eigenvalue weighted by atomic mass is 10.2. The molecule has 0 amide bonds. The first kappa shape index (κ1) is 13.3. The van der Waals surface area contributed by atoms with E-state index in [4.69, 9.17) is 16.7 Å². The molecule has 0 bridgehead atoms. The first-order valence-electron chi connectivity index (χ1n) is 5.96. The molecule has 0 saturated heterocycles. The van der Waals surface area contributed by atoms with Gasteiger partial charge in [0.2, 0.25) is 0 Å². The number of carboxylic acids is 1. The van der Waals surface area contributed by atoms with Crippen LogP contribution in [-0.2, 0) is 11.3 Å². The molecule has 18 heavy (non-hydrogen) atoms. The standard InChI is InChI=1S/C13H15ClFNO2/c14-12-7-10(15)2-1-9(12)8-16(11-3-4-11)6-5-13(17)18/h1-2,7,11H,3-6,8H2,(H,17,18). The van der Waals surface area contributed by atoms with E-state index < -0.39 is 5.97 Å². The number of aliphatic carboxylic acids is 1. The monoisotopic (exact) mass is 271 g/mol. The lowest BCUT2D eigenvalue weighted by Crippen LogP contribution is -2.28. The van der Waals surface area contributed by atoms with Crippen molar-refractivity contribution in [3.05, 3.63) is 34.6 Å². The highest BCUT2D eigenvalue weighted by atomic mass is 35.5. The van der Waals surface area contributed by atoms with E-state index in [0.717, 1.165) is 18.4 Å². The van der Waals surface area contributed by atoms with Gasteiger partial charge >= 0.3 is 5.97 Å². The SMILES string of the molecule is O=C(O)CCN(Cc1ccc(F)cc1Cl)C1CC1. The lowest BCUT2D eigenvalue weighted by molar-refractivity contribution is -0.137. The molecule has 0 radical (unpaired) electrons. The Morgan fingerprint density at radius 1 is 1.50 bits per heavy atom. The van der Waals surface area contributed by atoms with E-state index in [1.807, 2.05) is 0 Å². The van der Waals surface area contributed by atoms with E-state index >= 15 is 0 Å². The summed E-state index contributed by atoms with van der Waals surface area (Å²) in [5.74, 6) is -1.15. The fourth-order valence-electron chi connectivity index (χ4n) is 1.94. The maximum atomic E-state index is 12.9. The Labute approximate surface area is 110 Å². The predicted octanol–water partition coefficient (Wildman–Crippen LogP) is 2.92. The van der Waals surface area contributed by atoms with Crippen molar-refractivity contribution in [2.45, 2.75) is 31.8 Å². The van der Waals surface area contributed by atoms with Gasteiger partial charge < -0.3 is 5.11 Å². The Morgan fingerprint density at radius 2 is 2.22 bits per heavy atom. The molecule has 1 fully saturated rings. The maximum absolute atomic E-state index is 12.9. The minimum atomic E-state index is -0.800. The van der Waals surface area contributed by atoms with E-state index in [9.17, 15) is 9.18 Å². The van der Waals surface area contributed by atoms with Crippen molar-refractivity contribution in [3.8, 4) is 0 Å². The van der Waals surface area contributed by atoms with E-state index in [1.54, 1.807) is 6.07 Å². The zero-order chi connectivity index (χ0) is 13.1. The first-order chi connectivity index (χ1) is 8.56. The molecule has 98 valence electrons. The quantitative estimate of drug-likeness (QED) is 0.865. The molecule has 0 heterocycles. The number of carboxylic acid groups (broad SMARTS) is 1. The number of nitrogens with zero attached hydrogens (tertiary/aromatic N) is 1. The number of halogens is 2.